The minimum atomic E-state index is -3.44. The highest BCUT2D eigenvalue weighted by Crippen LogP contribution is 2.37. The second-order valence-electron chi connectivity index (χ2n) is 5.19. The summed E-state index contributed by atoms with van der Waals surface area (Å²) in [5, 5.41) is 0. The van der Waals surface area contributed by atoms with Gasteiger partial charge in [-0.1, -0.05) is 24.3 Å². The molecule has 3 nitrogen and oxygen atoms in total. The molecular formula is C15H16BrNO2S2. The molecule has 0 saturated heterocycles. The summed E-state index contributed by atoms with van der Waals surface area (Å²) in [7, 11) is -1.75. The number of benzene rings is 1. The Morgan fingerprint density at radius 1 is 1.24 bits per heavy atom. The van der Waals surface area contributed by atoms with Crippen molar-refractivity contribution in [3.05, 3.63) is 51.3 Å². The smallest absolute Gasteiger partial charge is 0.206 e. The lowest BCUT2D eigenvalue weighted by molar-refractivity contribution is 0.338. The van der Waals surface area contributed by atoms with Gasteiger partial charge in [-0.05, 0) is 58.5 Å². The van der Waals surface area contributed by atoms with Gasteiger partial charge in [0.25, 0.3) is 10.0 Å². The molecule has 112 valence electrons. The van der Waals surface area contributed by atoms with Gasteiger partial charge in [-0.25, -0.2) is 8.42 Å². The molecule has 0 radical (unpaired) electrons. The molecule has 1 aromatic heterocycles. The van der Waals surface area contributed by atoms with Gasteiger partial charge in [-0.15, -0.1) is 11.3 Å². The highest BCUT2D eigenvalue weighted by molar-refractivity contribution is 9.11. The first-order chi connectivity index (χ1) is 10.00. The maximum absolute atomic E-state index is 12.8. The van der Waals surface area contributed by atoms with E-state index in [-0.39, 0.29) is 6.04 Å². The van der Waals surface area contributed by atoms with E-state index in [0.717, 1.165) is 28.6 Å². The maximum Gasteiger partial charge on any atom is 0.252 e. The number of nitrogens with zero attached hydrogens (tertiary/aromatic N) is 1. The van der Waals surface area contributed by atoms with Gasteiger partial charge in [0.2, 0.25) is 0 Å². The first-order valence-electron chi connectivity index (χ1n) is 6.81. The van der Waals surface area contributed by atoms with Crippen LogP contribution in [0.1, 0.15) is 30.0 Å². The van der Waals surface area contributed by atoms with Crippen LogP contribution >= 0.6 is 27.3 Å². The third kappa shape index (κ3) is 2.82. The SMILES string of the molecule is CN([C@H]1CCCc2ccccc21)S(=O)(=O)c1ccc(Br)s1. The van der Waals surface area contributed by atoms with Crippen LogP contribution < -0.4 is 0 Å². The maximum atomic E-state index is 12.8. The van der Waals surface area contributed by atoms with Gasteiger partial charge in [-0.2, -0.15) is 4.31 Å². The summed E-state index contributed by atoms with van der Waals surface area (Å²) < 4.78 is 28.3. The Morgan fingerprint density at radius 2 is 2.00 bits per heavy atom. The van der Waals surface area contributed by atoms with E-state index in [2.05, 4.69) is 28.1 Å². The Kier molecular flexibility index (Phi) is 4.23. The van der Waals surface area contributed by atoms with Crippen LogP contribution in [0.5, 0.6) is 0 Å². The number of halogens is 1. The van der Waals surface area contributed by atoms with Crippen molar-refractivity contribution in [2.45, 2.75) is 29.5 Å². The molecule has 0 amide bonds. The van der Waals surface area contributed by atoms with Crippen LogP contribution in [0.25, 0.3) is 0 Å². The Balaban J connectivity index is 1.98. The Morgan fingerprint density at radius 3 is 2.71 bits per heavy atom. The summed E-state index contributed by atoms with van der Waals surface area (Å²) >= 11 is 4.59. The summed E-state index contributed by atoms with van der Waals surface area (Å²) in [6.07, 6.45) is 2.93. The lowest BCUT2D eigenvalue weighted by atomic mass is 9.88. The Bertz CT molecular complexity index is 755. The predicted octanol–water partition coefficient (Wildman–Crippen LogP) is 4.21. The topological polar surface area (TPSA) is 37.4 Å². The zero-order chi connectivity index (χ0) is 15.0. The molecule has 1 atom stereocenters. The molecule has 21 heavy (non-hydrogen) atoms. The molecule has 0 aliphatic heterocycles. The quantitative estimate of drug-likeness (QED) is 0.793. The molecule has 6 heteroatoms. The lowest BCUT2D eigenvalue weighted by Gasteiger charge is -2.32. The van der Waals surface area contributed by atoms with Crippen molar-refractivity contribution in [2.75, 3.05) is 7.05 Å². The van der Waals surface area contributed by atoms with Crippen LogP contribution in [-0.4, -0.2) is 19.8 Å². The molecule has 1 aliphatic carbocycles. The summed E-state index contributed by atoms with van der Waals surface area (Å²) in [5.41, 5.74) is 2.41. The van der Waals surface area contributed by atoms with Crippen LogP contribution in [0, 0.1) is 0 Å². The fourth-order valence-electron chi connectivity index (χ4n) is 2.85. The van der Waals surface area contributed by atoms with E-state index >= 15 is 0 Å². The number of hydrogen-bond donors (Lipinski definition) is 0. The van der Waals surface area contributed by atoms with Crippen LogP contribution in [0.4, 0.5) is 0 Å². The second-order valence-corrected chi connectivity index (χ2v) is 9.87. The van der Waals surface area contributed by atoms with E-state index in [1.807, 2.05) is 12.1 Å². The third-order valence-electron chi connectivity index (χ3n) is 3.96. The highest BCUT2D eigenvalue weighted by Gasteiger charge is 2.32. The van der Waals surface area contributed by atoms with E-state index in [4.69, 9.17) is 0 Å². The van der Waals surface area contributed by atoms with Gasteiger partial charge in [0.15, 0.2) is 0 Å². The van der Waals surface area contributed by atoms with Gasteiger partial charge in [0, 0.05) is 7.05 Å². The van der Waals surface area contributed by atoms with Gasteiger partial charge in [0.05, 0.1) is 9.83 Å². The van der Waals surface area contributed by atoms with Crippen LogP contribution in [0.3, 0.4) is 0 Å². The monoisotopic (exact) mass is 385 g/mol. The standard InChI is InChI=1S/C15H16BrNO2S2/c1-17(21(18,19)15-10-9-14(16)20-15)13-8-4-6-11-5-2-3-7-12(11)13/h2-3,5,7,9-10,13H,4,6,8H2,1H3/t13-/m0/s1. The molecule has 3 rings (SSSR count). The van der Waals surface area contributed by atoms with Crippen molar-refractivity contribution in [1.82, 2.24) is 4.31 Å². The van der Waals surface area contributed by atoms with E-state index < -0.39 is 10.0 Å². The highest BCUT2D eigenvalue weighted by atomic mass is 79.9. The van der Waals surface area contributed by atoms with E-state index in [1.54, 1.807) is 19.2 Å². The summed E-state index contributed by atoms with van der Waals surface area (Å²) in [4.78, 5) is 0. The molecule has 0 bridgehead atoms. The molecule has 0 spiro atoms. The predicted molar refractivity (Wildman–Crippen MR) is 89.1 cm³/mol. The number of rotatable bonds is 3. The molecule has 0 fully saturated rings. The van der Waals surface area contributed by atoms with Crippen LogP contribution in [-0.2, 0) is 16.4 Å². The summed E-state index contributed by atoms with van der Waals surface area (Å²) in [6, 6.07) is 11.5. The summed E-state index contributed by atoms with van der Waals surface area (Å²) in [6.45, 7) is 0. The molecular weight excluding hydrogens is 370 g/mol. The molecule has 0 N–H and O–H groups in total. The molecule has 2 aromatic rings. The van der Waals surface area contributed by atoms with Gasteiger partial charge in [0.1, 0.15) is 4.21 Å². The van der Waals surface area contributed by atoms with Crippen molar-refractivity contribution in [3.8, 4) is 0 Å². The third-order valence-corrected chi connectivity index (χ3v) is 7.92. The van der Waals surface area contributed by atoms with Gasteiger partial charge < -0.3 is 0 Å². The first kappa shape index (κ1) is 15.2. The number of fused-ring (bicyclic) bond motifs is 1. The minimum absolute atomic E-state index is 0.0687. The van der Waals surface area contributed by atoms with Gasteiger partial charge >= 0.3 is 0 Å². The molecule has 0 saturated carbocycles. The molecule has 1 heterocycles. The van der Waals surface area contributed by atoms with Crippen molar-refractivity contribution in [1.29, 1.82) is 0 Å². The lowest BCUT2D eigenvalue weighted by Crippen LogP contribution is -2.33. The fourth-order valence-corrected chi connectivity index (χ4v) is 6.41. The summed E-state index contributed by atoms with van der Waals surface area (Å²) in [5.74, 6) is 0. The minimum Gasteiger partial charge on any atom is -0.206 e. The molecule has 0 unspecified atom stereocenters. The number of hydrogen-bond acceptors (Lipinski definition) is 3. The van der Waals surface area contributed by atoms with Crippen LogP contribution in [0.15, 0.2) is 44.4 Å². The Hall–Kier alpha value is -0.690. The average Bonchev–Trinajstić information content (AvgIpc) is 2.93. The van der Waals surface area contributed by atoms with Crippen molar-refractivity contribution in [3.63, 3.8) is 0 Å². The zero-order valence-electron chi connectivity index (χ0n) is 11.6. The van der Waals surface area contributed by atoms with E-state index in [0.29, 0.717) is 4.21 Å². The van der Waals surface area contributed by atoms with Crippen molar-refractivity contribution < 1.29 is 8.42 Å². The largest absolute Gasteiger partial charge is 0.252 e. The fraction of sp³-hybridized carbons (Fsp3) is 0.333. The number of aryl methyl sites for hydroxylation is 1. The molecule has 1 aromatic carbocycles. The van der Waals surface area contributed by atoms with Crippen molar-refractivity contribution in [2.24, 2.45) is 0 Å². The van der Waals surface area contributed by atoms with E-state index in [1.165, 1.54) is 21.2 Å². The number of thiophene rings is 1. The normalized spacial score (nSPS) is 18.7. The zero-order valence-corrected chi connectivity index (χ0v) is 14.8. The van der Waals surface area contributed by atoms with Crippen molar-refractivity contribution >= 4 is 37.3 Å². The Labute approximate surface area is 137 Å². The average molecular weight is 386 g/mol. The first-order valence-corrected chi connectivity index (χ1v) is 9.86. The second kappa shape index (κ2) is 5.83. The molecule has 1 aliphatic rings. The van der Waals surface area contributed by atoms with E-state index in [9.17, 15) is 8.42 Å². The van der Waals surface area contributed by atoms with Crippen LogP contribution in [0.2, 0.25) is 0 Å². The van der Waals surface area contributed by atoms with Gasteiger partial charge in [-0.3, -0.25) is 0 Å². The number of sulfonamides is 1.